The van der Waals surface area contributed by atoms with Crippen molar-refractivity contribution in [2.45, 2.75) is 18.3 Å². The van der Waals surface area contributed by atoms with Crippen molar-refractivity contribution in [3.63, 3.8) is 0 Å². The molecule has 4 rings (SSSR count). The molecule has 0 saturated heterocycles. The van der Waals surface area contributed by atoms with Gasteiger partial charge in [0.1, 0.15) is 18.3 Å². The van der Waals surface area contributed by atoms with Crippen LogP contribution >= 0.6 is 0 Å². The second-order valence-electron chi connectivity index (χ2n) is 8.34. The fourth-order valence-corrected chi connectivity index (χ4v) is 3.97. The Kier molecular flexibility index (Phi) is 7.21. The zero-order valence-corrected chi connectivity index (χ0v) is 19.1. The molecule has 174 valence electrons. The van der Waals surface area contributed by atoms with E-state index in [0.29, 0.717) is 50.1 Å². The third-order valence-corrected chi connectivity index (χ3v) is 6.01. The minimum absolute atomic E-state index is 0.451. The molecule has 3 atom stereocenters. The van der Waals surface area contributed by atoms with Gasteiger partial charge in [-0.3, -0.25) is 0 Å². The Balaban J connectivity index is 1.78. The molecule has 0 fully saturated rings. The summed E-state index contributed by atoms with van der Waals surface area (Å²) >= 11 is 0. The summed E-state index contributed by atoms with van der Waals surface area (Å²) < 4.78 is 0. The zero-order chi connectivity index (χ0) is 25.7. The summed E-state index contributed by atoms with van der Waals surface area (Å²) in [6.07, 6.45) is -3.21. The first-order valence-electron chi connectivity index (χ1n) is 11.1. The molecule has 4 aromatic carbocycles. The van der Waals surface area contributed by atoms with E-state index >= 15 is 0 Å². The van der Waals surface area contributed by atoms with Crippen LogP contribution in [-0.2, 0) is 0 Å². The maximum Gasteiger partial charge on any atom is 0.104 e. The Hall–Kier alpha value is -4.77. The van der Waals surface area contributed by atoms with Gasteiger partial charge in [0.2, 0.25) is 0 Å². The molecule has 3 N–H and O–H groups in total. The van der Waals surface area contributed by atoms with Gasteiger partial charge >= 0.3 is 0 Å². The summed E-state index contributed by atoms with van der Waals surface area (Å²) in [5.41, 5.74) is 4.41. The molecule has 36 heavy (non-hydrogen) atoms. The van der Waals surface area contributed by atoms with Gasteiger partial charge in [0.15, 0.2) is 0 Å². The normalized spacial score (nSPS) is 13.0. The summed E-state index contributed by atoms with van der Waals surface area (Å²) in [6.45, 7) is 0. The van der Waals surface area contributed by atoms with E-state index in [1.165, 1.54) is 0 Å². The van der Waals surface area contributed by atoms with Crippen LogP contribution in [0.5, 0.6) is 0 Å². The van der Waals surface area contributed by atoms with Crippen molar-refractivity contribution in [3.8, 4) is 18.2 Å². The van der Waals surface area contributed by atoms with E-state index in [0.717, 1.165) is 0 Å². The maximum absolute atomic E-state index is 11.1. The van der Waals surface area contributed by atoms with Crippen LogP contribution in [0.3, 0.4) is 0 Å². The highest BCUT2D eigenvalue weighted by Crippen LogP contribution is 2.33. The lowest BCUT2D eigenvalue weighted by Crippen LogP contribution is -2.08. The number of hydrogen-bond donors (Lipinski definition) is 3. The smallest absolute Gasteiger partial charge is 0.104 e. The number of nitriles is 3. The third-order valence-electron chi connectivity index (χ3n) is 6.01. The van der Waals surface area contributed by atoms with E-state index in [9.17, 15) is 15.3 Å². The van der Waals surface area contributed by atoms with Gasteiger partial charge in [-0.1, -0.05) is 36.4 Å². The molecule has 0 spiro atoms. The van der Waals surface area contributed by atoms with E-state index in [2.05, 4.69) is 0 Å². The highest BCUT2D eigenvalue weighted by Gasteiger charge is 2.20. The number of hydrogen-bond acceptors (Lipinski definition) is 6. The van der Waals surface area contributed by atoms with Crippen molar-refractivity contribution < 1.29 is 15.3 Å². The van der Waals surface area contributed by atoms with Gasteiger partial charge in [-0.05, 0) is 88.0 Å². The molecule has 0 amide bonds. The van der Waals surface area contributed by atoms with Gasteiger partial charge in [-0.15, -0.1) is 0 Å². The molecule has 0 aliphatic heterocycles. The average molecular weight is 472 g/mol. The van der Waals surface area contributed by atoms with Crippen LogP contribution in [0.15, 0.2) is 91.0 Å². The molecule has 3 unspecified atom stereocenters. The van der Waals surface area contributed by atoms with Gasteiger partial charge in [0, 0.05) is 0 Å². The predicted octanol–water partition coefficient (Wildman–Crippen LogP) is 4.55. The average Bonchev–Trinajstić information content (AvgIpc) is 2.95. The second-order valence-corrected chi connectivity index (χ2v) is 8.34. The fourth-order valence-electron chi connectivity index (χ4n) is 3.97. The first kappa shape index (κ1) is 24.4. The van der Waals surface area contributed by atoms with E-state index in [4.69, 9.17) is 15.8 Å². The molecule has 0 saturated carbocycles. The first-order valence-corrected chi connectivity index (χ1v) is 11.1. The fraction of sp³-hybridized carbons (Fsp3) is 0.100. The van der Waals surface area contributed by atoms with Gasteiger partial charge in [-0.2, -0.15) is 15.8 Å². The molecule has 0 radical (unpaired) electrons. The van der Waals surface area contributed by atoms with Crippen LogP contribution in [0, 0.1) is 34.0 Å². The molecule has 6 nitrogen and oxygen atoms in total. The third kappa shape index (κ3) is 5.15. The predicted molar refractivity (Wildman–Crippen MR) is 132 cm³/mol. The van der Waals surface area contributed by atoms with Gasteiger partial charge in [0.05, 0.1) is 34.9 Å². The highest BCUT2D eigenvalue weighted by atomic mass is 16.3. The second kappa shape index (κ2) is 10.7. The Labute approximate surface area is 208 Å². The van der Waals surface area contributed by atoms with Crippen LogP contribution in [0.2, 0.25) is 0 Å². The molecule has 0 heterocycles. The molecule has 0 aliphatic rings. The van der Waals surface area contributed by atoms with Crippen LogP contribution < -0.4 is 0 Å². The number of aliphatic hydroxyl groups excluding tert-OH is 3. The largest absolute Gasteiger partial charge is 0.384 e. The Bertz CT molecular complexity index is 1290. The lowest BCUT2D eigenvalue weighted by Gasteiger charge is -2.20. The summed E-state index contributed by atoms with van der Waals surface area (Å²) in [5.74, 6) is 0. The number of aliphatic hydroxyl groups is 3. The standard InChI is InChI=1S/C30H21N3O3/c31-16-19-1-7-22(8-2-19)28(34)25-13-26(29(35)23-9-3-20(17-32)4-10-23)15-27(14-25)30(36)24-11-5-21(18-33)6-12-24/h1-15,28-30,34-36H. The van der Waals surface area contributed by atoms with Crippen LogP contribution in [0.25, 0.3) is 0 Å². The Morgan fingerprint density at radius 1 is 0.389 bits per heavy atom. The zero-order valence-electron chi connectivity index (χ0n) is 19.1. The van der Waals surface area contributed by atoms with Crippen LogP contribution in [-0.4, -0.2) is 15.3 Å². The summed E-state index contributed by atoms with van der Waals surface area (Å²) in [4.78, 5) is 0. The monoisotopic (exact) mass is 471 g/mol. The molecule has 4 aromatic rings. The number of rotatable bonds is 6. The summed E-state index contributed by atoms with van der Waals surface area (Å²) in [5, 5.41) is 60.6. The molecule has 6 heteroatoms. The van der Waals surface area contributed by atoms with E-state index in [-0.39, 0.29) is 0 Å². The lowest BCUT2D eigenvalue weighted by molar-refractivity contribution is 0.207. The lowest BCUT2D eigenvalue weighted by atomic mass is 9.90. The summed E-state index contributed by atoms with van der Waals surface area (Å²) in [6, 6.07) is 30.7. The van der Waals surface area contributed by atoms with Gasteiger partial charge in [0.25, 0.3) is 0 Å². The van der Waals surface area contributed by atoms with E-state index in [1.54, 1.807) is 91.0 Å². The molecule has 0 aromatic heterocycles. The minimum atomic E-state index is -1.07. The minimum Gasteiger partial charge on any atom is -0.384 e. The van der Waals surface area contributed by atoms with E-state index in [1.807, 2.05) is 18.2 Å². The highest BCUT2D eigenvalue weighted by molar-refractivity contribution is 5.45. The molecule has 0 aliphatic carbocycles. The number of nitrogens with zero attached hydrogens (tertiary/aromatic N) is 3. The van der Waals surface area contributed by atoms with Crippen LogP contribution in [0.1, 0.15) is 68.4 Å². The van der Waals surface area contributed by atoms with Crippen molar-refractivity contribution in [1.29, 1.82) is 15.8 Å². The SMILES string of the molecule is N#Cc1ccc(C(O)c2cc(C(O)c3ccc(C#N)cc3)cc(C(O)c3ccc(C#N)cc3)c2)cc1. The summed E-state index contributed by atoms with van der Waals surface area (Å²) in [7, 11) is 0. The van der Waals surface area contributed by atoms with Gasteiger partial charge in [-0.25, -0.2) is 0 Å². The van der Waals surface area contributed by atoms with Crippen molar-refractivity contribution in [2.75, 3.05) is 0 Å². The van der Waals surface area contributed by atoms with Gasteiger partial charge < -0.3 is 15.3 Å². The van der Waals surface area contributed by atoms with Crippen molar-refractivity contribution >= 4 is 0 Å². The van der Waals surface area contributed by atoms with E-state index < -0.39 is 18.3 Å². The number of benzene rings is 4. The van der Waals surface area contributed by atoms with Crippen LogP contribution in [0.4, 0.5) is 0 Å². The molecular weight excluding hydrogens is 450 g/mol. The quantitative estimate of drug-likeness (QED) is 0.378. The van der Waals surface area contributed by atoms with Crippen molar-refractivity contribution in [3.05, 3.63) is 141 Å². The van der Waals surface area contributed by atoms with Crippen molar-refractivity contribution in [1.82, 2.24) is 0 Å². The van der Waals surface area contributed by atoms with Crippen molar-refractivity contribution in [2.24, 2.45) is 0 Å². The first-order chi connectivity index (χ1) is 17.4. The topological polar surface area (TPSA) is 132 Å². The molecule has 0 bridgehead atoms. The molecular formula is C30H21N3O3. The Morgan fingerprint density at radius 3 is 0.806 bits per heavy atom. The maximum atomic E-state index is 11.1. The Morgan fingerprint density at radius 2 is 0.611 bits per heavy atom.